The number of hydrogen-bond donors (Lipinski definition) is 0. The van der Waals surface area contributed by atoms with Gasteiger partial charge in [0, 0.05) is 11.9 Å². The monoisotopic (exact) mass is 200 g/mol. The van der Waals surface area contributed by atoms with Crippen molar-refractivity contribution in [3.8, 4) is 5.75 Å². The summed E-state index contributed by atoms with van der Waals surface area (Å²) in [5.41, 5.74) is 0. The van der Waals surface area contributed by atoms with Crippen molar-refractivity contribution in [2.45, 2.75) is 6.92 Å². The minimum atomic E-state index is -0.367. The molecule has 3 nitrogen and oxygen atoms in total. The van der Waals surface area contributed by atoms with Gasteiger partial charge in [-0.3, -0.25) is 4.79 Å². The molecule has 0 amide bonds. The second-order valence-electron chi connectivity index (χ2n) is 2.35. The SMILES string of the molecule is CC(=O)OCOc1ccc(Cl)cc1. The number of carbonyl (C=O) groups is 1. The van der Waals surface area contributed by atoms with E-state index in [1.54, 1.807) is 24.3 Å². The van der Waals surface area contributed by atoms with Crippen molar-refractivity contribution in [2.75, 3.05) is 6.79 Å². The van der Waals surface area contributed by atoms with E-state index in [0.29, 0.717) is 10.8 Å². The molecule has 4 heteroatoms. The van der Waals surface area contributed by atoms with Crippen molar-refractivity contribution < 1.29 is 14.3 Å². The summed E-state index contributed by atoms with van der Waals surface area (Å²) in [4.78, 5) is 10.4. The number of halogens is 1. The lowest BCUT2D eigenvalue weighted by atomic mass is 10.3. The van der Waals surface area contributed by atoms with Gasteiger partial charge in [-0.2, -0.15) is 0 Å². The summed E-state index contributed by atoms with van der Waals surface area (Å²) < 4.78 is 9.65. The summed E-state index contributed by atoms with van der Waals surface area (Å²) >= 11 is 5.66. The smallest absolute Gasteiger partial charge is 0.305 e. The van der Waals surface area contributed by atoms with Crippen LogP contribution in [0.5, 0.6) is 5.75 Å². The number of benzene rings is 1. The number of rotatable bonds is 3. The molecular formula is C9H9ClO3. The Morgan fingerprint density at radius 3 is 2.54 bits per heavy atom. The molecular weight excluding hydrogens is 192 g/mol. The molecule has 0 aliphatic rings. The minimum Gasteiger partial charge on any atom is -0.457 e. The molecule has 0 bridgehead atoms. The zero-order valence-corrected chi connectivity index (χ0v) is 7.88. The third-order valence-electron chi connectivity index (χ3n) is 1.30. The van der Waals surface area contributed by atoms with Crippen LogP contribution in [0, 0.1) is 0 Å². The molecule has 1 rings (SSSR count). The van der Waals surface area contributed by atoms with Crippen molar-refractivity contribution in [3.05, 3.63) is 29.3 Å². The molecule has 0 unspecified atom stereocenters. The van der Waals surface area contributed by atoms with Crippen molar-refractivity contribution in [3.63, 3.8) is 0 Å². The maximum absolute atomic E-state index is 10.4. The van der Waals surface area contributed by atoms with Crippen LogP contribution in [-0.2, 0) is 9.53 Å². The standard InChI is InChI=1S/C9H9ClO3/c1-7(11)12-6-13-9-4-2-8(10)3-5-9/h2-5H,6H2,1H3. The molecule has 0 N–H and O–H groups in total. The highest BCUT2D eigenvalue weighted by molar-refractivity contribution is 6.30. The first-order chi connectivity index (χ1) is 6.18. The van der Waals surface area contributed by atoms with E-state index >= 15 is 0 Å². The molecule has 70 valence electrons. The lowest BCUT2D eigenvalue weighted by molar-refractivity contribution is -0.147. The molecule has 0 fully saturated rings. The van der Waals surface area contributed by atoms with Crippen LogP contribution in [0.2, 0.25) is 5.02 Å². The Hall–Kier alpha value is -1.22. The van der Waals surface area contributed by atoms with Crippen LogP contribution >= 0.6 is 11.6 Å². The van der Waals surface area contributed by atoms with E-state index in [2.05, 4.69) is 4.74 Å². The summed E-state index contributed by atoms with van der Waals surface area (Å²) in [6.45, 7) is 1.25. The van der Waals surface area contributed by atoms with Gasteiger partial charge in [0.05, 0.1) is 0 Å². The van der Waals surface area contributed by atoms with E-state index in [9.17, 15) is 4.79 Å². The summed E-state index contributed by atoms with van der Waals surface area (Å²) in [6, 6.07) is 6.80. The minimum absolute atomic E-state index is 0.0725. The molecule has 0 aliphatic heterocycles. The molecule has 0 atom stereocenters. The van der Waals surface area contributed by atoms with Crippen LogP contribution in [0.1, 0.15) is 6.92 Å². The highest BCUT2D eigenvalue weighted by atomic mass is 35.5. The Balaban J connectivity index is 2.37. The van der Waals surface area contributed by atoms with E-state index in [1.807, 2.05) is 0 Å². The Bertz CT molecular complexity index is 281. The molecule has 1 aromatic carbocycles. The average molecular weight is 201 g/mol. The van der Waals surface area contributed by atoms with Crippen molar-refractivity contribution in [1.29, 1.82) is 0 Å². The average Bonchev–Trinajstić information content (AvgIpc) is 2.08. The van der Waals surface area contributed by atoms with Crippen LogP contribution in [0.3, 0.4) is 0 Å². The van der Waals surface area contributed by atoms with Gasteiger partial charge in [0.15, 0.2) is 0 Å². The van der Waals surface area contributed by atoms with Crippen LogP contribution in [-0.4, -0.2) is 12.8 Å². The lowest BCUT2D eigenvalue weighted by Gasteiger charge is -2.04. The van der Waals surface area contributed by atoms with Gasteiger partial charge < -0.3 is 9.47 Å². The number of carbonyl (C=O) groups excluding carboxylic acids is 1. The maximum Gasteiger partial charge on any atom is 0.305 e. The van der Waals surface area contributed by atoms with Gasteiger partial charge in [-0.1, -0.05) is 11.6 Å². The van der Waals surface area contributed by atoms with Gasteiger partial charge in [-0.25, -0.2) is 0 Å². The molecule has 0 radical (unpaired) electrons. The Kier molecular flexibility index (Phi) is 3.58. The fourth-order valence-corrected chi connectivity index (χ4v) is 0.837. The highest BCUT2D eigenvalue weighted by Crippen LogP contribution is 2.15. The van der Waals surface area contributed by atoms with Crippen LogP contribution in [0.4, 0.5) is 0 Å². The highest BCUT2D eigenvalue weighted by Gasteiger charge is 1.94. The first kappa shape index (κ1) is 9.86. The number of ether oxygens (including phenoxy) is 2. The van der Waals surface area contributed by atoms with Gasteiger partial charge in [0.1, 0.15) is 5.75 Å². The number of esters is 1. The topological polar surface area (TPSA) is 35.5 Å². The van der Waals surface area contributed by atoms with Crippen LogP contribution in [0.25, 0.3) is 0 Å². The van der Waals surface area contributed by atoms with Gasteiger partial charge in [-0.15, -0.1) is 0 Å². The molecule has 13 heavy (non-hydrogen) atoms. The molecule has 0 aromatic heterocycles. The van der Waals surface area contributed by atoms with E-state index in [-0.39, 0.29) is 12.8 Å². The predicted molar refractivity (Wildman–Crippen MR) is 48.7 cm³/mol. The molecule has 0 spiro atoms. The third kappa shape index (κ3) is 3.80. The van der Waals surface area contributed by atoms with Crippen molar-refractivity contribution in [2.24, 2.45) is 0 Å². The summed E-state index contributed by atoms with van der Waals surface area (Å²) in [5, 5.41) is 0.639. The zero-order chi connectivity index (χ0) is 9.68. The van der Waals surface area contributed by atoms with Gasteiger partial charge in [-0.05, 0) is 24.3 Å². The van der Waals surface area contributed by atoms with Crippen molar-refractivity contribution in [1.82, 2.24) is 0 Å². The van der Waals surface area contributed by atoms with E-state index in [4.69, 9.17) is 16.3 Å². The van der Waals surface area contributed by atoms with Crippen LogP contribution < -0.4 is 4.74 Å². The van der Waals surface area contributed by atoms with E-state index in [1.165, 1.54) is 6.92 Å². The fourth-order valence-electron chi connectivity index (χ4n) is 0.711. The van der Waals surface area contributed by atoms with Gasteiger partial charge >= 0.3 is 5.97 Å². The lowest BCUT2D eigenvalue weighted by Crippen LogP contribution is -2.06. The summed E-state index contributed by atoms with van der Waals surface area (Å²) in [7, 11) is 0. The first-order valence-corrected chi connectivity index (χ1v) is 4.08. The summed E-state index contributed by atoms with van der Waals surface area (Å²) in [6.07, 6.45) is 0. The molecule has 0 saturated heterocycles. The second-order valence-corrected chi connectivity index (χ2v) is 2.79. The van der Waals surface area contributed by atoms with E-state index < -0.39 is 0 Å². The Morgan fingerprint density at radius 1 is 1.38 bits per heavy atom. The quantitative estimate of drug-likeness (QED) is 0.555. The third-order valence-corrected chi connectivity index (χ3v) is 1.55. The van der Waals surface area contributed by atoms with E-state index in [0.717, 1.165) is 0 Å². The van der Waals surface area contributed by atoms with Gasteiger partial charge in [0.25, 0.3) is 0 Å². The Labute approximate surface area is 81.2 Å². The maximum atomic E-state index is 10.4. The second kappa shape index (κ2) is 4.72. The Morgan fingerprint density at radius 2 is 2.00 bits per heavy atom. The largest absolute Gasteiger partial charge is 0.457 e. The molecule has 0 aliphatic carbocycles. The fraction of sp³-hybridized carbons (Fsp3) is 0.222. The first-order valence-electron chi connectivity index (χ1n) is 3.70. The normalized spacial score (nSPS) is 9.38. The molecule has 1 aromatic rings. The predicted octanol–water partition coefficient (Wildman–Crippen LogP) is 2.24. The van der Waals surface area contributed by atoms with Crippen molar-refractivity contribution >= 4 is 17.6 Å². The van der Waals surface area contributed by atoms with Gasteiger partial charge in [0.2, 0.25) is 6.79 Å². The van der Waals surface area contributed by atoms with Crippen LogP contribution in [0.15, 0.2) is 24.3 Å². The summed E-state index contributed by atoms with van der Waals surface area (Å²) in [5.74, 6) is 0.250. The zero-order valence-electron chi connectivity index (χ0n) is 7.12. The molecule has 0 heterocycles. The number of hydrogen-bond acceptors (Lipinski definition) is 3. The molecule has 0 saturated carbocycles.